The molecule has 4 heterocycles. The Kier molecular flexibility index (Phi) is 3.54. The number of aromatic nitrogens is 3. The van der Waals surface area contributed by atoms with Crippen LogP contribution in [0.1, 0.15) is 18.4 Å². The molecule has 0 spiro atoms. The van der Waals surface area contributed by atoms with Gasteiger partial charge in [0.05, 0.1) is 11.6 Å². The molecule has 4 rings (SSSR count). The van der Waals surface area contributed by atoms with Gasteiger partial charge in [0.2, 0.25) is 5.95 Å². The first kappa shape index (κ1) is 13.9. The van der Waals surface area contributed by atoms with Crippen molar-refractivity contribution in [3.8, 4) is 6.07 Å². The minimum Gasteiger partial charge on any atom is -0.350 e. The van der Waals surface area contributed by atoms with Crippen LogP contribution in [0.15, 0.2) is 36.8 Å². The molecular weight excluding hydrogens is 288 g/mol. The lowest BCUT2D eigenvalue weighted by atomic mass is 9.92. The van der Waals surface area contributed by atoms with E-state index in [2.05, 4.69) is 30.8 Å². The average molecular weight is 306 g/mol. The highest BCUT2D eigenvalue weighted by Gasteiger charge is 2.40. The monoisotopic (exact) mass is 306 g/mol. The predicted molar refractivity (Wildman–Crippen MR) is 87.1 cm³/mol. The maximum Gasteiger partial charge on any atom is 0.225 e. The lowest BCUT2D eigenvalue weighted by molar-refractivity contribution is 0.387. The Morgan fingerprint density at radius 1 is 1.04 bits per heavy atom. The van der Waals surface area contributed by atoms with Crippen LogP contribution < -0.4 is 9.80 Å². The van der Waals surface area contributed by atoms with Gasteiger partial charge in [-0.25, -0.2) is 15.0 Å². The summed E-state index contributed by atoms with van der Waals surface area (Å²) in [5, 5.41) is 9.36. The minimum absolute atomic E-state index is 0.370. The molecule has 23 heavy (non-hydrogen) atoms. The van der Waals surface area contributed by atoms with Gasteiger partial charge in [0, 0.05) is 38.2 Å². The van der Waals surface area contributed by atoms with Crippen molar-refractivity contribution in [2.24, 2.45) is 5.92 Å². The topological polar surface area (TPSA) is 68.9 Å². The van der Waals surface area contributed by atoms with Crippen molar-refractivity contribution < 1.29 is 0 Å². The van der Waals surface area contributed by atoms with Crippen molar-refractivity contribution >= 4 is 11.8 Å². The number of hydrogen-bond donors (Lipinski definition) is 0. The van der Waals surface area contributed by atoms with E-state index in [1.54, 1.807) is 18.6 Å². The Balaban J connectivity index is 1.61. The normalized spacial score (nSPS) is 23.4. The van der Waals surface area contributed by atoms with Gasteiger partial charge in [0.15, 0.2) is 0 Å². The standard InChI is InChI=1S/C17H18N6/c18-11-14-3-1-6-19-16(14)23-10-5-13-4-9-22(12-15(13)23)17-20-7-2-8-21-17/h1-3,6-8,13,15H,4-5,9-10,12H2. The molecule has 0 saturated carbocycles. The van der Waals surface area contributed by atoms with Crippen molar-refractivity contribution in [1.82, 2.24) is 15.0 Å². The molecule has 2 unspecified atom stereocenters. The molecule has 2 aromatic heterocycles. The zero-order chi connectivity index (χ0) is 15.6. The second kappa shape index (κ2) is 5.84. The molecule has 2 aliphatic rings. The highest BCUT2D eigenvalue weighted by molar-refractivity contribution is 5.55. The number of nitrogens with zero attached hydrogens (tertiary/aromatic N) is 6. The van der Waals surface area contributed by atoms with Gasteiger partial charge in [0.25, 0.3) is 0 Å². The molecule has 0 aromatic carbocycles. The molecular formula is C17H18N6. The molecule has 2 fully saturated rings. The highest BCUT2D eigenvalue weighted by atomic mass is 15.3. The zero-order valence-corrected chi connectivity index (χ0v) is 12.8. The van der Waals surface area contributed by atoms with Crippen LogP contribution in [0.4, 0.5) is 11.8 Å². The number of hydrogen-bond acceptors (Lipinski definition) is 6. The highest BCUT2D eigenvalue weighted by Crippen LogP contribution is 2.36. The molecule has 0 N–H and O–H groups in total. The van der Waals surface area contributed by atoms with Crippen LogP contribution in [0.25, 0.3) is 0 Å². The van der Waals surface area contributed by atoms with Gasteiger partial charge in [-0.2, -0.15) is 5.26 Å². The number of fused-ring (bicyclic) bond motifs is 1. The summed E-state index contributed by atoms with van der Waals surface area (Å²) in [5.74, 6) is 2.26. The second-order valence-electron chi connectivity index (χ2n) is 6.08. The summed E-state index contributed by atoms with van der Waals surface area (Å²) >= 11 is 0. The van der Waals surface area contributed by atoms with Crippen molar-refractivity contribution in [2.75, 3.05) is 29.4 Å². The summed E-state index contributed by atoms with van der Waals surface area (Å²) in [5.41, 5.74) is 0.654. The van der Waals surface area contributed by atoms with Crippen LogP contribution in [-0.4, -0.2) is 40.6 Å². The second-order valence-corrected chi connectivity index (χ2v) is 6.08. The number of piperidine rings is 1. The quantitative estimate of drug-likeness (QED) is 0.843. The summed E-state index contributed by atoms with van der Waals surface area (Å²) < 4.78 is 0. The molecule has 0 bridgehead atoms. The first-order valence-electron chi connectivity index (χ1n) is 8.00. The third kappa shape index (κ3) is 2.48. The Hall–Kier alpha value is -2.68. The van der Waals surface area contributed by atoms with E-state index in [-0.39, 0.29) is 0 Å². The molecule has 2 aromatic rings. The van der Waals surface area contributed by atoms with E-state index in [1.165, 1.54) is 0 Å². The van der Waals surface area contributed by atoms with Gasteiger partial charge in [-0.05, 0) is 37.0 Å². The van der Waals surface area contributed by atoms with Crippen LogP contribution >= 0.6 is 0 Å². The summed E-state index contributed by atoms with van der Waals surface area (Å²) in [6, 6.07) is 8.14. The number of nitriles is 1. The molecule has 0 radical (unpaired) electrons. The van der Waals surface area contributed by atoms with Crippen LogP contribution in [0.3, 0.4) is 0 Å². The molecule has 6 nitrogen and oxygen atoms in total. The number of rotatable bonds is 2. The van der Waals surface area contributed by atoms with E-state index in [4.69, 9.17) is 0 Å². The first-order valence-corrected chi connectivity index (χ1v) is 8.00. The maximum absolute atomic E-state index is 9.36. The lowest BCUT2D eigenvalue weighted by Crippen LogP contribution is -2.49. The summed E-state index contributed by atoms with van der Waals surface area (Å²) in [4.78, 5) is 17.8. The van der Waals surface area contributed by atoms with Gasteiger partial charge >= 0.3 is 0 Å². The van der Waals surface area contributed by atoms with Crippen LogP contribution in [0.5, 0.6) is 0 Å². The van der Waals surface area contributed by atoms with Gasteiger partial charge in [-0.3, -0.25) is 0 Å². The van der Waals surface area contributed by atoms with Crippen LogP contribution in [-0.2, 0) is 0 Å². The third-order valence-electron chi connectivity index (χ3n) is 4.88. The van der Waals surface area contributed by atoms with Crippen molar-refractivity contribution in [1.29, 1.82) is 5.26 Å². The summed E-state index contributed by atoms with van der Waals surface area (Å²) in [6.07, 6.45) is 7.63. The van der Waals surface area contributed by atoms with Crippen molar-refractivity contribution in [3.05, 3.63) is 42.4 Å². The van der Waals surface area contributed by atoms with Crippen molar-refractivity contribution in [2.45, 2.75) is 18.9 Å². The van der Waals surface area contributed by atoms with Crippen LogP contribution in [0.2, 0.25) is 0 Å². The Morgan fingerprint density at radius 2 is 1.83 bits per heavy atom. The summed E-state index contributed by atoms with van der Waals surface area (Å²) in [7, 11) is 0. The maximum atomic E-state index is 9.36. The van der Waals surface area contributed by atoms with E-state index in [1.807, 2.05) is 18.2 Å². The van der Waals surface area contributed by atoms with Crippen molar-refractivity contribution in [3.63, 3.8) is 0 Å². The molecule has 2 aliphatic heterocycles. The van der Waals surface area contributed by atoms with E-state index in [0.717, 1.165) is 44.2 Å². The summed E-state index contributed by atoms with van der Waals surface area (Å²) in [6.45, 7) is 2.84. The fourth-order valence-electron chi connectivity index (χ4n) is 3.75. The number of pyridine rings is 1. The molecule has 2 saturated heterocycles. The predicted octanol–water partition coefficient (Wildman–Crippen LogP) is 1.85. The van der Waals surface area contributed by atoms with Gasteiger partial charge in [-0.15, -0.1) is 0 Å². The smallest absolute Gasteiger partial charge is 0.225 e. The molecule has 0 amide bonds. The first-order chi connectivity index (χ1) is 11.4. The van der Waals surface area contributed by atoms with E-state index < -0.39 is 0 Å². The SMILES string of the molecule is N#Cc1cccnc1N1CCC2CCN(c3ncccn3)CC21. The average Bonchev–Trinajstić information content (AvgIpc) is 3.05. The molecule has 6 heteroatoms. The Bertz CT molecular complexity index is 725. The fraction of sp³-hybridized carbons (Fsp3) is 0.412. The van der Waals surface area contributed by atoms with E-state index in [0.29, 0.717) is 17.5 Å². The number of anilines is 2. The van der Waals surface area contributed by atoms with Crippen LogP contribution in [0, 0.1) is 17.2 Å². The third-order valence-corrected chi connectivity index (χ3v) is 4.88. The largest absolute Gasteiger partial charge is 0.350 e. The zero-order valence-electron chi connectivity index (χ0n) is 12.8. The Morgan fingerprint density at radius 3 is 2.65 bits per heavy atom. The molecule has 116 valence electrons. The van der Waals surface area contributed by atoms with Gasteiger partial charge in [-0.1, -0.05) is 0 Å². The molecule has 2 atom stereocenters. The molecule has 0 aliphatic carbocycles. The van der Waals surface area contributed by atoms with Gasteiger partial charge in [0.1, 0.15) is 11.9 Å². The minimum atomic E-state index is 0.370. The lowest BCUT2D eigenvalue weighted by Gasteiger charge is -2.39. The van der Waals surface area contributed by atoms with E-state index >= 15 is 0 Å². The Labute approximate surface area is 135 Å². The van der Waals surface area contributed by atoms with E-state index in [9.17, 15) is 5.26 Å². The fourth-order valence-corrected chi connectivity index (χ4v) is 3.75. The van der Waals surface area contributed by atoms with Gasteiger partial charge < -0.3 is 9.80 Å².